The number of aromatic hydroxyl groups is 1. The van der Waals surface area contributed by atoms with Gasteiger partial charge >= 0.3 is 0 Å². The van der Waals surface area contributed by atoms with Gasteiger partial charge in [-0.15, -0.1) is 0 Å². The van der Waals surface area contributed by atoms with E-state index >= 15 is 0 Å². The third-order valence-electron chi connectivity index (χ3n) is 1.65. The molecule has 0 aliphatic heterocycles. The SMILES string of the molecule is CC(=O)c1c(O)ccc([N+](=O)[O-])c1I. The number of phenolic OH excluding ortho intramolecular Hbond substituents is 1. The third kappa shape index (κ3) is 1.84. The maximum absolute atomic E-state index is 11.1. The molecule has 1 aromatic rings. The highest BCUT2D eigenvalue weighted by molar-refractivity contribution is 14.1. The summed E-state index contributed by atoms with van der Waals surface area (Å²) in [5.74, 6) is -0.622. The largest absolute Gasteiger partial charge is 0.507 e. The van der Waals surface area contributed by atoms with Crippen molar-refractivity contribution in [2.45, 2.75) is 6.92 Å². The average Bonchev–Trinajstić information content (AvgIpc) is 2.02. The number of rotatable bonds is 2. The van der Waals surface area contributed by atoms with Crippen LogP contribution in [0.3, 0.4) is 0 Å². The molecule has 6 heteroatoms. The monoisotopic (exact) mass is 307 g/mol. The van der Waals surface area contributed by atoms with Crippen molar-refractivity contribution >= 4 is 34.1 Å². The Balaban J connectivity index is 3.49. The fourth-order valence-electron chi connectivity index (χ4n) is 1.03. The number of hydrogen-bond acceptors (Lipinski definition) is 4. The van der Waals surface area contributed by atoms with E-state index < -0.39 is 10.7 Å². The van der Waals surface area contributed by atoms with Crippen LogP contribution in [-0.2, 0) is 0 Å². The number of halogens is 1. The zero-order valence-electron chi connectivity index (χ0n) is 7.15. The number of hydrogen-bond donors (Lipinski definition) is 1. The van der Waals surface area contributed by atoms with Gasteiger partial charge in [-0.3, -0.25) is 14.9 Å². The normalized spacial score (nSPS) is 9.86. The van der Waals surface area contributed by atoms with Crippen molar-refractivity contribution in [1.29, 1.82) is 0 Å². The molecule has 1 N–H and O–H groups in total. The first-order valence-electron chi connectivity index (χ1n) is 3.62. The first kappa shape index (κ1) is 10.9. The Morgan fingerprint density at radius 1 is 1.57 bits per heavy atom. The second-order valence-electron chi connectivity index (χ2n) is 2.61. The van der Waals surface area contributed by atoms with E-state index in [1.807, 2.05) is 0 Å². The van der Waals surface area contributed by atoms with E-state index in [4.69, 9.17) is 0 Å². The summed E-state index contributed by atoms with van der Waals surface area (Å²) in [6, 6.07) is 2.32. The second-order valence-corrected chi connectivity index (χ2v) is 3.68. The Morgan fingerprint density at radius 3 is 2.57 bits per heavy atom. The summed E-state index contributed by atoms with van der Waals surface area (Å²) in [6.07, 6.45) is 0. The molecular weight excluding hydrogens is 301 g/mol. The van der Waals surface area contributed by atoms with Gasteiger partial charge in [0.25, 0.3) is 5.69 Å². The number of benzene rings is 1. The summed E-state index contributed by atoms with van der Waals surface area (Å²) < 4.78 is 0.167. The fraction of sp³-hybridized carbons (Fsp3) is 0.125. The van der Waals surface area contributed by atoms with Crippen molar-refractivity contribution < 1.29 is 14.8 Å². The predicted octanol–water partition coefficient (Wildman–Crippen LogP) is 2.11. The number of ketones is 1. The quantitative estimate of drug-likeness (QED) is 0.393. The van der Waals surface area contributed by atoms with E-state index in [0.717, 1.165) is 6.07 Å². The van der Waals surface area contributed by atoms with Crippen LogP contribution in [0, 0.1) is 13.7 Å². The smallest absolute Gasteiger partial charge is 0.283 e. The van der Waals surface area contributed by atoms with Gasteiger partial charge < -0.3 is 5.11 Å². The van der Waals surface area contributed by atoms with Crippen LogP contribution in [0.2, 0.25) is 0 Å². The summed E-state index contributed by atoms with van der Waals surface area (Å²) in [5, 5.41) is 19.8. The van der Waals surface area contributed by atoms with Crippen LogP contribution in [0.4, 0.5) is 5.69 Å². The maximum atomic E-state index is 11.1. The average molecular weight is 307 g/mol. The molecular formula is C8H6INO4. The van der Waals surface area contributed by atoms with Crippen molar-refractivity contribution in [2.24, 2.45) is 0 Å². The molecule has 14 heavy (non-hydrogen) atoms. The number of nitro groups is 1. The predicted molar refractivity (Wildman–Crippen MR) is 57.5 cm³/mol. The van der Waals surface area contributed by atoms with E-state index in [9.17, 15) is 20.0 Å². The summed E-state index contributed by atoms with van der Waals surface area (Å²) >= 11 is 1.67. The minimum Gasteiger partial charge on any atom is -0.507 e. The molecule has 0 amide bonds. The Bertz CT molecular complexity index is 416. The van der Waals surface area contributed by atoms with E-state index in [-0.39, 0.29) is 20.6 Å². The van der Waals surface area contributed by atoms with Gasteiger partial charge in [-0.25, -0.2) is 0 Å². The topological polar surface area (TPSA) is 80.4 Å². The molecule has 1 aromatic carbocycles. The zero-order chi connectivity index (χ0) is 10.9. The van der Waals surface area contributed by atoms with Crippen molar-refractivity contribution in [3.8, 4) is 5.75 Å². The van der Waals surface area contributed by atoms with Gasteiger partial charge in [0.15, 0.2) is 5.78 Å². The molecule has 0 spiro atoms. The molecule has 5 nitrogen and oxygen atoms in total. The van der Waals surface area contributed by atoms with Crippen LogP contribution in [0.5, 0.6) is 5.75 Å². The molecule has 1 rings (SSSR count). The van der Waals surface area contributed by atoms with Gasteiger partial charge in [-0.2, -0.15) is 0 Å². The molecule has 0 saturated heterocycles. The Labute approximate surface area is 93.0 Å². The van der Waals surface area contributed by atoms with E-state index in [1.54, 1.807) is 22.6 Å². The summed E-state index contributed by atoms with van der Waals surface area (Å²) in [6.45, 7) is 1.25. The van der Waals surface area contributed by atoms with Crippen LogP contribution < -0.4 is 0 Å². The van der Waals surface area contributed by atoms with Crippen LogP contribution in [0.1, 0.15) is 17.3 Å². The molecule has 0 bridgehead atoms. The molecule has 0 aliphatic rings. The van der Waals surface area contributed by atoms with Gasteiger partial charge in [0.2, 0.25) is 0 Å². The molecule has 74 valence electrons. The van der Waals surface area contributed by atoms with Crippen molar-refractivity contribution in [1.82, 2.24) is 0 Å². The number of carbonyl (C=O) groups excluding carboxylic acids is 1. The van der Waals surface area contributed by atoms with Crippen LogP contribution in [-0.4, -0.2) is 15.8 Å². The van der Waals surface area contributed by atoms with Gasteiger partial charge in [-0.05, 0) is 35.6 Å². The van der Waals surface area contributed by atoms with Crippen LogP contribution in [0.25, 0.3) is 0 Å². The lowest BCUT2D eigenvalue weighted by Gasteiger charge is -2.03. The summed E-state index contributed by atoms with van der Waals surface area (Å²) in [7, 11) is 0. The fourth-order valence-corrected chi connectivity index (χ4v) is 2.06. The van der Waals surface area contributed by atoms with Gasteiger partial charge in [0, 0.05) is 6.07 Å². The highest BCUT2D eigenvalue weighted by Crippen LogP contribution is 2.30. The van der Waals surface area contributed by atoms with Gasteiger partial charge in [-0.1, -0.05) is 0 Å². The number of nitro benzene ring substituents is 1. The lowest BCUT2D eigenvalue weighted by atomic mass is 10.1. The molecule has 0 unspecified atom stereocenters. The Kier molecular flexibility index (Phi) is 3.04. The van der Waals surface area contributed by atoms with E-state index in [1.165, 1.54) is 13.0 Å². The summed E-state index contributed by atoms with van der Waals surface area (Å²) in [5.41, 5.74) is -0.173. The van der Waals surface area contributed by atoms with Gasteiger partial charge in [0.1, 0.15) is 9.32 Å². The highest BCUT2D eigenvalue weighted by atomic mass is 127. The van der Waals surface area contributed by atoms with Crippen molar-refractivity contribution in [3.63, 3.8) is 0 Å². The molecule has 0 heterocycles. The minimum atomic E-state index is -0.590. The Hall–Kier alpha value is -1.18. The summed E-state index contributed by atoms with van der Waals surface area (Å²) in [4.78, 5) is 21.0. The zero-order valence-corrected chi connectivity index (χ0v) is 9.31. The number of nitrogens with zero attached hydrogens (tertiary/aromatic N) is 1. The lowest BCUT2D eigenvalue weighted by molar-refractivity contribution is -0.385. The standard InChI is InChI=1S/C8H6INO4/c1-4(11)7-6(12)3-2-5(8(7)9)10(13)14/h2-3,12H,1H3. The number of Topliss-reactive ketones (excluding diaryl/α,β-unsaturated/α-hetero) is 1. The van der Waals surface area contributed by atoms with Crippen LogP contribution >= 0.6 is 22.6 Å². The van der Waals surface area contributed by atoms with E-state index in [2.05, 4.69) is 0 Å². The minimum absolute atomic E-state index is 0.000185. The van der Waals surface area contributed by atoms with Crippen LogP contribution in [0.15, 0.2) is 12.1 Å². The molecule has 0 saturated carbocycles. The van der Waals surface area contributed by atoms with E-state index in [0.29, 0.717) is 0 Å². The number of carbonyl (C=O) groups is 1. The molecule has 0 radical (unpaired) electrons. The number of phenols is 1. The van der Waals surface area contributed by atoms with Crippen molar-refractivity contribution in [2.75, 3.05) is 0 Å². The third-order valence-corrected chi connectivity index (χ3v) is 2.74. The first-order chi connectivity index (χ1) is 6.45. The molecule has 0 atom stereocenters. The molecule has 0 aliphatic carbocycles. The molecule has 0 aromatic heterocycles. The van der Waals surface area contributed by atoms with Gasteiger partial charge in [0.05, 0.1) is 10.5 Å². The highest BCUT2D eigenvalue weighted by Gasteiger charge is 2.20. The lowest BCUT2D eigenvalue weighted by Crippen LogP contribution is -2.01. The molecule has 0 fully saturated rings. The maximum Gasteiger partial charge on any atom is 0.283 e. The Morgan fingerprint density at radius 2 is 2.14 bits per heavy atom. The van der Waals surface area contributed by atoms with Crippen molar-refractivity contribution in [3.05, 3.63) is 31.4 Å². The second kappa shape index (κ2) is 3.91. The first-order valence-corrected chi connectivity index (χ1v) is 4.69.